The minimum absolute atomic E-state index is 0.230. The maximum absolute atomic E-state index is 11.3. The van der Waals surface area contributed by atoms with Crippen molar-refractivity contribution in [2.24, 2.45) is 0 Å². The van der Waals surface area contributed by atoms with Gasteiger partial charge < -0.3 is 14.4 Å². The van der Waals surface area contributed by atoms with E-state index in [1.54, 1.807) is 11.3 Å². The van der Waals surface area contributed by atoms with Gasteiger partial charge in [0, 0.05) is 13.1 Å². The van der Waals surface area contributed by atoms with Gasteiger partial charge in [0.2, 0.25) is 0 Å². The first kappa shape index (κ1) is 14.5. The second-order valence-electron chi connectivity index (χ2n) is 4.29. The summed E-state index contributed by atoms with van der Waals surface area (Å²) < 4.78 is 10.9. The number of carbonyl (C=O) groups is 1. The first-order valence-electron chi connectivity index (χ1n) is 6.42. The quantitative estimate of drug-likeness (QED) is 0.471. The number of esters is 1. The van der Waals surface area contributed by atoms with Crippen molar-refractivity contribution in [1.82, 2.24) is 15.0 Å². The molecule has 0 atom stereocenters. The summed E-state index contributed by atoms with van der Waals surface area (Å²) >= 11 is 2.90. The molecule has 0 aliphatic carbocycles. The minimum Gasteiger partial charge on any atom is -0.468 e. The molecule has 112 valence electrons. The molecule has 1 saturated heterocycles. The highest BCUT2D eigenvalue weighted by molar-refractivity contribution is 8.00. The van der Waals surface area contributed by atoms with E-state index in [2.05, 4.69) is 24.6 Å². The number of carbonyl (C=O) groups excluding carboxylic acids is 1. The summed E-state index contributed by atoms with van der Waals surface area (Å²) in [4.78, 5) is 26.4. The van der Waals surface area contributed by atoms with Crippen LogP contribution in [0.2, 0.25) is 0 Å². The van der Waals surface area contributed by atoms with Gasteiger partial charge in [0.25, 0.3) is 0 Å². The maximum Gasteiger partial charge on any atom is 0.316 e. The third-order valence-corrected chi connectivity index (χ3v) is 5.19. The van der Waals surface area contributed by atoms with Gasteiger partial charge in [0.1, 0.15) is 16.1 Å². The number of hydrogen-bond donors (Lipinski definition) is 0. The lowest BCUT2D eigenvalue weighted by molar-refractivity contribution is -0.137. The Hall–Kier alpha value is -1.45. The highest BCUT2D eigenvalue weighted by Gasteiger charge is 2.18. The predicted molar refractivity (Wildman–Crippen MR) is 81.0 cm³/mol. The molecule has 3 heterocycles. The molecule has 0 radical (unpaired) electrons. The molecule has 0 N–H and O–H groups in total. The van der Waals surface area contributed by atoms with Crippen LogP contribution in [0.5, 0.6) is 0 Å². The number of morpholine rings is 1. The number of rotatable bonds is 4. The van der Waals surface area contributed by atoms with Crippen LogP contribution in [-0.4, -0.2) is 60.1 Å². The van der Waals surface area contributed by atoms with Crippen LogP contribution in [0.3, 0.4) is 0 Å². The summed E-state index contributed by atoms with van der Waals surface area (Å²) in [6, 6.07) is 0. The predicted octanol–water partition coefficient (Wildman–Crippen LogP) is 1.19. The van der Waals surface area contributed by atoms with Gasteiger partial charge in [0.05, 0.1) is 26.1 Å². The number of anilines is 1. The average molecular weight is 326 g/mol. The lowest BCUT2D eigenvalue weighted by Gasteiger charge is -2.25. The van der Waals surface area contributed by atoms with E-state index in [0.717, 1.165) is 27.9 Å². The van der Waals surface area contributed by atoms with Gasteiger partial charge >= 0.3 is 5.97 Å². The Kier molecular flexibility index (Phi) is 4.51. The maximum atomic E-state index is 11.3. The SMILES string of the molecule is COC(=O)CSc1ncnc2nc(N3CCOCC3)sc12. The van der Waals surface area contributed by atoms with Crippen molar-refractivity contribution in [3.8, 4) is 0 Å². The van der Waals surface area contributed by atoms with Crippen LogP contribution < -0.4 is 4.90 Å². The van der Waals surface area contributed by atoms with E-state index in [1.807, 2.05) is 0 Å². The number of thiazole rings is 1. The van der Waals surface area contributed by atoms with Crippen LogP contribution in [-0.2, 0) is 14.3 Å². The highest BCUT2D eigenvalue weighted by atomic mass is 32.2. The molecule has 9 heteroatoms. The van der Waals surface area contributed by atoms with Crippen molar-refractivity contribution >= 4 is 44.5 Å². The molecular formula is C12H14N4O3S2. The zero-order valence-electron chi connectivity index (χ0n) is 11.4. The number of hydrogen-bond acceptors (Lipinski definition) is 9. The fourth-order valence-corrected chi connectivity index (χ4v) is 3.88. The Morgan fingerprint density at radius 1 is 1.48 bits per heavy atom. The monoisotopic (exact) mass is 326 g/mol. The summed E-state index contributed by atoms with van der Waals surface area (Å²) in [5, 5.41) is 1.69. The lowest BCUT2D eigenvalue weighted by Crippen LogP contribution is -2.36. The number of ether oxygens (including phenoxy) is 2. The normalized spacial score (nSPS) is 15.4. The van der Waals surface area contributed by atoms with Crippen molar-refractivity contribution in [2.45, 2.75) is 5.03 Å². The highest BCUT2D eigenvalue weighted by Crippen LogP contribution is 2.33. The average Bonchev–Trinajstić information content (AvgIpc) is 2.98. The van der Waals surface area contributed by atoms with Crippen LogP contribution in [0.1, 0.15) is 0 Å². The van der Waals surface area contributed by atoms with Gasteiger partial charge in [0.15, 0.2) is 10.8 Å². The van der Waals surface area contributed by atoms with E-state index in [4.69, 9.17) is 4.74 Å². The first-order chi connectivity index (χ1) is 10.3. The van der Waals surface area contributed by atoms with E-state index in [0.29, 0.717) is 18.9 Å². The topological polar surface area (TPSA) is 77.4 Å². The Bertz CT molecular complexity index is 642. The van der Waals surface area contributed by atoms with Crippen molar-refractivity contribution in [3.05, 3.63) is 6.33 Å². The van der Waals surface area contributed by atoms with Gasteiger partial charge in [-0.25, -0.2) is 9.97 Å². The fraction of sp³-hybridized carbons (Fsp3) is 0.500. The number of aromatic nitrogens is 3. The number of fused-ring (bicyclic) bond motifs is 1. The zero-order valence-corrected chi connectivity index (χ0v) is 13.1. The second-order valence-corrected chi connectivity index (χ2v) is 6.23. The van der Waals surface area contributed by atoms with Crippen molar-refractivity contribution < 1.29 is 14.3 Å². The van der Waals surface area contributed by atoms with Gasteiger partial charge in [-0.05, 0) is 0 Å². The number of nitrogens with zero attached hydrogens (tertiary/aromatic N) is 4. The fourth-order valence-electron chi connectivity index (χ4n) is 1.90. The minimum atomic E-state index is -0.273. The Morgan fingerprint density at radius 3 is 3.05 bits per heavy atom. The van der Waals surface area contributed by atoms with E-state index in [-0.39, 0.29) is 11.7 Å². The molecular weight excluding hydrogens is 312 g/mol. The molecule has 0 unspecified atom stereocenters. The van der Waals surface area contributed by atoms with Crippen molar-refractivity contribution in [1.29, 1.82) is 0 Å². The number of methoxy groups -OCH3 is 1. The zero-order chi connectivity index (χ0) is 14.7. The molecule has 21 heavy (non-hydrogen) atoms. The molecule has 0 aromatic carbocycles. The Labute approximate surface area is 129 Å². The summed E-state index contributed by atoms with van der Waals surface area (Å²) in [5.74, 6) is -0.0439. The summed E-state index contributed by atoms with van der Waals surface area (Å²) in [5.41, 5.74) is 0.670. The van der Waals surface area contributed by atoms with Crippen LogP contribution in [0.4, 0.5) is 5.13 Å². The van der Waals surface area contributed by atoms with Crippen molar-refractivity contribution in [2.75, 3.05) is 44.1 Å². The number of thioether (sulfide) groups is 1. The molecule has 0 bridgehead atoms. The van der Waals surface area contributed by atoms with E-state index in [9.17, 15) is 4.79 Å². The van der Waals surface area contributed by atoms with E-state index < -0.39 is 0 Å². The molecule has 1 fully saturated rings. The molecule has 0 saturated carbocycles. The van der Waals surface area contributed by atoms with Crippen LogP contribution >= 0.6 is 23.1 Å². The smallest absolute Gasteiger partial charge is 0.316 e. The summed E-state index contributed by atoms with van der Waals surface area (Å²) in [7, 11) is 1.38. The van der Waals surface area contributed by atoms with Crippen LogP contribution in [0.15, 0.2) is 11.4 Å². The molecule has 0 amide bonds. The van der Waals surface area contributed by atoms with Gasteiger partial charge in [-0.15, -0.1) is 0 Å². The molecule has 1 aliphatic rings. The summed E-state index contributed by atoms with van der Waals surface area (Å²) in [6.45, 7) is 3.09. The standard InChI is InChI=1S/C12H14N4O3S2/c1-18-8(17)6-20-11-9-10(13-7-14-11)15-12(21-9)16-2-4-19-5-3-16/h7H,2-6H2,1H3. The van der Waals surface area contributed by atoms with Gasteiger partial charge in [-0.2, -0.15) is 4.98 Å². The van der Waals surface area contributed by atoms with Gasteiger partial charge in [-0.1, -0.05) is 23.1 Å². The third kappa shape index (κ3) is 3.25. The lowest BCUT2D eigenvalue weighted by atomic mass is 10.5. The molecule has 1 aliphatic heterocycles. The van der Waals surface area contributed by atoms with E-state index >= 15 is 0 Å². The first-order valence-corrected chi connectivity index (χ1v) is 8.22. The van der Waals surface area contributed by atoms with Gasteiger partial charge in [-0.3, -0.25) is 4.79 Å². The van der Waals surface area contributed by atoms with E-state index in [1.165, 1.54) is 25.2 Å². The van der Waals surface area contributed by atoms with Crippen LogP contribution in [0, 0.1) is 0 Å². The molecule has 0 spiro atoms. The second kappa shape index (κ2) is 6.54. The van der Waals surface area contributed by atoms with Crippen molar-refractivity contribution in [3.63, 3.8) is 0 Å². The molecule has 7 nitrogen and oxygen atoms in total. The molecule has 2 aromatic rings. The largest absolute Gasteiger partial charge is 0.468 e. The summed E-state index contributed by atoms with van der Waals surface area (Å²) in [6.07, 6.45) is 1.48. The van der Waals surface area contributed by atoms with Crippen LogP contribution in [0.25, 0.3) is 10.3 Å². The molecule has 3 rings (SSSR count). The third-order valence-electron chi connectivity index (χ3n) is 2.98. The molecule has 2 aromatic heterocycles. The Balaban J connectivity index is 1.84. The Morgan fingerprint density at radius 2 is 2.29 bits per heavy atom.